The van der Waals surface area contributed by atoms with Crippen molar-refractivity contribution in [2.75, 3.05) is 0 Å². The molecule has 62 valence electrons. The third kappa shape index (κ3) is 1.40. The highest BCUT2D eigenvalue weighted by atomic mass is 14.2. The Kier molecular flexibility index (Phi) is 2.22. The average molecular weight is 150 g/mol. The molecule has 0 heterocycles. The maximum atomic E-state index is 2.28. The molecule has 0 aromatic carbocycles. The monoisotopic (exact) mass is 150 g/mol. The van der Waals surface area contributed by atoms with Crippen LogP contribution in [0.4, 0.5) is 0 Å². The molecule has 0 aliphatic heterocycles. The highest BCUT2D eigenvalue weighted by Crippen LogP contribution is 2.35. The summed E-state index contributed by atoms with van der Waals surface area (Å²) >= 11 is 0. The predicted molar refractivity (Wildman–Crippen MR) is 50.5 cm³/mol. The lowest BCUT2D eigenvalue weighted by atomic mass is 9.98. The third-order valence-electron chi connectivity index (χ3n) is 2.84. The van der Waals surface area contributed by atoms with Gasteiger partial charge >= 0.3 is 0 Å². The van der Waals surface area contributed by atoms with Gasteiger partial charge in [-0.2, -0.15) is 0 Å². The minimum atomic E-state index is 0.724. The number of hydrogen-bond donors (Lipinski definition) is 0. The van der Waals surface area contributed by atoms with Crippen molar-refractivity contribution in [2.45, 2.75) is 41.0 Å². The fourth-order valence-electron chi connectivity index (χ4n) is 1.75. The Labute approximate surface area is 70.0 Å². The van der Waals surface area contributed by atoms with Gasteiger partial charge in [0.05, 0.1) is 0 Å². The van der Waals surface area contributed by atoms with Gasteiger partial charge in [-0.1, -0.05) is 25.0 Å². The smallest absolute Gasteiger partial charge is 0.00970 e. The molecule has 0 unspecified atom stereocenters. The Morgan fingerprint density at radius 1 is 1.00 bits per heavy atom. The van der Waals surface area contributed by atoms with E-state index in [4.69, 9.17) is 0 Å². The van der Waals surface area contributed by atoms with Crippen LogP contribution in [0.2, 0.25) is 0 Å². The standard InChI is InChI=1S/C11H18/c1-7(2)11-6-8(3)9(4)10(11)5/h7H,6H2,1-5H3. The van der Waals surface area contributed by atoms with E-state index in [0.717, 1.165) is 5.92 Å². The lowest BCUT2D eigenvalue weighted by Crippen LogP contribution is -1.93. The van der Waals surface area contributed by atoms with E-state index in [2.05, 4.69) is 34.6 Å². The van der Waals surface area contributed by atoms with Crippen LogP contribution < -0.4 is 0 Å². The summed E-state index contributed by atoms with van der Waals surface area (Å²) in [4.78, 5) is 0. The van der Waals surface area contributed by atoms with Crippen LogP contribution in [0.15, 0.2) is 22.3 Å². The molecule has 1 aliphatic carbocycles. The molecule has 0 nitrogen and oxygen atoms in total. The van der Waals surface area contributed by atoms with Gasteiger partial charge in [-0.05, 0) is 44.3 Å². The Bertz CT molecular complexity index is 226. The van der Waals surface area contributed by atoms with E-state index in [1.165, 1.54) is 17.6 Å². The summed E-state index contributed by atoms with van der Waals surface area (Å²) < 4.78 is 0. The highest BCUT2D eigenvalue weighted by Gasteiger charge is 2.17. The normalized spacial score (nSPS) is 19.1. The molecule has 0 heteroatoms. The molecule has 1 rings (SSSR count). The average Bonchev–Trinajstić information content (AvgIpc) is 2.17. The summed E-state index contributed by atoms with van der Waals surface area (Å²) in [5, 5.41) is 0. The largest absolute Gasteiger partial charge is 0.0661 e. The van der Waals surface area contributed by atoms with Gasteiger partial charge in [0.1, 0.15) is 0 Å². The molecule has 1 aliphatic rings. The molecule has 0 atom stereocenters. The Balaban J connectivity index is 2.93. The Hall–Kier alpha value is -0.520. The van der Waals surface area contributed by atoms with E-state index in [1.807, 2.05) is 0 Å². The van der Waals surface area contributed by atoms with Crippen LogP contribution >= 0.6 is 0 Å². The molecule has 0 bridgehead atoms. The Morgan fingerprint density at radius 3 is 1.73 bits per heavy atom. The molecule has 0 aromatic heterocycles. The predicted octanol–water partition coefficient (Wildman–Crippen LogP) is 3.70. The SMILES string of the molecule is CC1=C(C)C(C)=C(C(C)C)C1. The molecular formula is C11H18. The fraction of sp³-hybridized carbons (Fsp3) is 0.636. The summed E-state index contributed by atoms with van der Waals surface area (Å²) in [6.45, 7) is 11.3. The number of hydrogen-bond acceptors (Lipinski definition) is 0. The van der Waals surface area contributed by atoms with Crippen LogP contribution in [0, 0.1) is 5.92 Å². The summed E-state index contributed by atoms with van der Waals surface area (Å²) in [6.07, 6.45) is 1.22. The van der Waals surface area contributed by atoms with E-state index in [-0.39, 0.29) is 0 Å². The van der Waals surface area contributed by atoms with Crippen molar-refractivity contribution in [1.29, 1.82) is 0 Å². The first-order valence-electron chi connectivity index (χ1n) is 4.40. The first kappa shape index (κ1) is 8.58. The van der Waals surface area contributed by atoms with Crippen molar-refractivity contribution >= 4 is 0 Å². The molecular weight excluding hydrogens is 132 g/mol. The van der Waals surface area contributed by atoms with Crippen LogP contribution in [0.5, 0.6) is 0 Å². The molecule has 0 saturated carbocycles. The second kappa shape index (κ2) is 2.84. The van der Waals surface area contributed by atoms with Crippen molar-refractivity contribution in [3.05, 3.63) is 22.3 Å². The summed E-state index contributed by atoms with van der Waals surface area (Å²) in [7, 11) is 0. The Morgan fingerprint density at radius 2 is 1.55 bits per heavy atom. The van der Waals surface area contributed by atoms with Crippen LogP contribution in [0.1, 0.15) is 41.0 Å². The van der Waals surface area contributed by atoms with Crippen molar-refractivity contribution in [2.24, 2.45) is 5.92 Å². The zero-order valence-corrected chi connectivity index (χ0v) is 8.28. The summed E-state index contributed by atoms with van der Waals surface area (Å²) in [5.41, 5.74) is 6.26. The van der Waals surface area contributed by atoms with E-state index < -0.39 is 0 Å². The number of allylic oxidation sites excluding steroid dienone is 4. The van der Waals surface area contributed by atoms with Gasteiger partial charge < -0.3 is 0 Å². The van der Waals surface area contributed by atoms with Gasteiger partial charge in [0, 0.05) is 0 Å². The minimum absolute atomic E-state index is 0.724. The molecule has 0 spiro atoms. The van der Waals surface area contributed by atoms with Crippen LogP contribution in [0.3, 0.4) is 0 Å². The van der Waals surface area contributed by atoms with Gasteiger partial charge in [-0.25, -0.2) is 0 Å². The molecule has 0 fully saturated rings. The number of rotatable bonds is 1. The zero-order chi connectivity index (χ0) is 8.59. The third-order valence-corrected chi connectivity index (χ3v) is 2.84. The van der Waals surface area contributed by atoms with E-state index in [9.17, 15) is 0 Å². The van der Waals surface area contributed by atoms with Crippen molar-refractivity contribution in [1.82, 2.24) is 0 Å². The van der Waals surface area contributed by atoms with Gasteiger partial charge in [0.2, 0.25) is 0 Å². The van der Waals surface area contributed by atoms with Gasteiger partial charge in [0.15, 0.2) is 0 Å². The maximum Gasteiger partial charge on any atom is -0.00970 e. The quantitative estimate of drug-likeness (QED) is 0.534. The first-order valence-corrected chi connectivity index (χ1v) is 4.40. The lowest BCUT2D eigenvalue weighted by Gasteiger charge is -2.08. The second-order valence-corrected chi connectivity index (χ2v) is 3.89. The van der Waals surface area contributed by atoms with Crippen LogP contribution in [0.25, 0.3) is 0 Å². The van der Waals surface area contributed by atoms with Gasteiger partial charge in [-0.3, -0.25) is 0 Å². The van der Waals surface area contributed by atoms with Gasteiger partial charge in [-0.15, -0.1) is 0 Å². The van der Waals surface area contributed by atoms with Crippen molar-refractivity contribution in [3.63, 3.8) is 0 Å². The maximum absolute atomic E-state index is 2.28. The van der Waals surface area contributed by atoms with E-state index in [1.54, 1.807) is 11.1 Å². The molecule has 0 saturated heterocycles. The fourth-order valence-corrected chi connectivity index (χ4v) is 1.75. The first-order chi connectivity index (χ1) is 5.04. The van der Waals surface area contributed by atoms with E-state index in [0.29, 0.717) is 0 Å². The summed E-state index contributed by atoms with van der Waals surface area (Å²) in [6, 6.07) is 0. The van der Waals surface area contributed by atoms with Crippen molar-refractivity contribution < 1.29 is 0 Å². The van der Waals surface area contributed by atoms with Crippen molar-refractivity contribution in [3.8, 4) is 0 Å². The molecule has 0 radical (unpaired) electrons. The minimum Gasteiger partial charge on any atom is -0.0661 e. The van der Waals surface area contributed by atoms with Crippen LogP contribution in [-0.4, -0.2) is 0 Å². The lowest BCUT2D eigenvalue weighted by molar-refractivity contribution is 0.739. The topological polar surface area (TPSA) is 0 Å². The highest BCUT2D eigenvalue weighted by molar-refractivity contribution is 5.44. The molecule has 11 heavy (non-hydrogen) atoms. The molecule has 0 amide bonds. The zero-order valence-electron chi connectivity index (χ0n) is 8.28. The molecule has 0 N–H and O–H groups in total. The van der Waals surface area contributed by atoms with E-state index >= 15 is 0 Å². The van der Waals surface area contributed by atoms with Gasteiger partial charge in [0.25, 0.3) is 0 Å². The summed E-state index contributed by atoms with van der Waals surface area (Å²) in [5.74, 6) is 0.724. The van der Waals surface area contributed by atoms with Crippen LogP contribution in [-0.2, 0) is 0 Å². The molecule has 0 aromatic rings. The second-order valence-electron chi connectivity index (χ2n) is 3.89.